The summed E-state index contributed by atoms with van der Waals surface area (Å²) in [6.07, 6.45) is 1.36. The van der Waals surface area contributed by atoms with Crippen molar-refractivity contribution < 1.29 is 9.53 Å². The topological polar surface area (TPSA) is 42.4 Å². The Morgan fingerprint density at radius 2 is 1.90 bits per heavy atom. The third-order valence-corrected chi connectivity index (χ3v) is 3.32. The van der Waals surface area contributed by atoms with Gasteiger partial charge in [0, 0.05) is 18.9 Å². The maximum Gasteiger partial charge on any atom is 0.259 e. The Kier molecular flexibility index (Phi) is 4.47. The summed E-state index contributed by atoms with van der Waals surface area (Å²) in [6, 6.07) is 8.58. The van der Waals surface area contributed by atoms with Crippen molar-refractivity contribution >= 4 is 34.8 Å². The number of pyridine rings is 1. The molecule has 0 unspecified atom stereocenters. The van der Waals surface area contributed by atoms with Gasteiger partial charge in [0.1, 0.15) is 10.9 Å². The molecule has 0 aliphatic rings. The molecule has 0 saturated carbocycles. The van der Waals surface area contributed by atoms with Crippen molar-refractivity contribution in [1.29, 1.82) is 0 Å². The first-order valence-electron chi connectivity index (χ1n) is 5.76. The predicted molar refractivity (Wildman–Crippen MR) is 80.0 cm³/mol. The average Bonchev–Trinajstić information content (AvgIpc) is 2.48. The van der Waals surface area contributed by atoms with Gasteiger partial charge in [-0.1, -0.05) is 23.2 Å². The van der Waals surface area contributed by atoms with Crippen molar-refractivity contribution in [1.82, 2.24) is 4.98 Å². The lowest BCUT2D eigenvalue weighted by molar-refractivity contribution is 0.0993. The molecular formula is C14H12Cl2N2O2. The first-order chi connectivity index (χ1) is 9.52. The van der Waals surface area contributed by atoms with Crippen LogP contribution >= 0.6 is 23.2 Å². The fraction of sp³-hybridized carbons (Fsp3) is 0.143. The number of methoxy groups -OCH3 is 1. The minimum absolute atomic E-state index is 0.223. The molecule has 0 atom stereocenters. The van der Waals surface area contributed by atoms with E-state index in [0.29, 0.717) is 5.56 Å². The standard InChI is InChI=1S/C14H12Cl2N2O2/c1-18(9-3-5-10(20-2)6-4-9)14(19)11-7-13(16)17-8-12(11)15/h3-8H,1-2H3. The Morgan fingerprint density at radius 3 is 2.50 bits per heavy atom. The van der Waals surface area contributed by atoms with Gasteiger partial charge in [-0.2, -0.15) is 0 Å². The van der Waals surface area contributed by atoms with Crippen LogP contribution in [0.3, 0.4) is 0 Å². The van der Waals surface area contributed by atoms with Crippen molar-refractivity contribution in [2.75, 3.05) is 19.1 Å². The molecule has 1 amide bonds. The van der Waals surface area contributed by atoms with E-state index in [4.69, 9.17) is 27.9 Å². The quantitative estimate of drug-likeness (QED) is 0.812. The van der Waals surface area contributed by atoms with Crippen LogP contribution < -0.4 is 9.64 Å². The van der Waals surface area contributed by atoms with Crippen molar-refractivity contribution in [3.63, 3.8) is 0 Å². The summed E-state index contributed by atoms with van der Waals surface area (Å²) in [4.78, 5) is 17.7. The summed E-state index contributed by atoms with van der Waals surface area (Å²) in [6.45, 7) is 0. The number of hydrogen-bond acceptors (Lipinski definition) is 3. The van der Waals surface area contributed by atoms with Gasteiger partial charge in [-0.15, -0.1) is 0 Å². The lowest BCUT2D eigenvalue weighted by Crippen LogP contribution is -2.26. The van der Waals surface area contributed by atoms with Crippen LogP contribution in [0.5, 0.6) is 5.75 Å². The smallest absolute Gasteiger partial charge is 0.259 e. The lowest BCUT2D eigenvalue weighted by Gasteiger charge is -2.18. The third kappa shape index (κ3) is 3.03. The van der Waals surface area contributed by atoms with Crippen molar-refractivity contribution in [2.24, 2.45) is 0 Å². The van der Waals surface area contributed by atoms with Gasteiger partial charge in [-0.3, -0.25) is 4.79 Å². The van der Waals surface area contributed by atoms with Gasteiger partial charge in [0.2, 0.25) is 0 Å². The monoisotopic (exact) mass is 310 g/mol. The van der Waals surface area contributed by atoms with E-state index in [2.05, 4.69) is 4.98 Å². The highest BCUT2D eigenvalue weighted by molar-refractivity contribution is 6.35. The third-order valence-electron chi connectivity index (χ3n) is 2.82. The Bertz CT molecular complexity index is 630. The van der Waals surface area contributed by atoms with Crippen molar-refractivity contribution in [3.8, 4) is 5.75 Å². The number of rotatable bonds is 3. The minimum Gasteiger partial charge on any atom is -0.497 e. The van der Waals surface area contributed by atoms with Crippen LogP contribution in [0.1, 0.15) is 10.4 Å². The molecule has 0 N–H and O–H groups in total. The Hall–Kier alpha value is -1.78. The molecule has 2 rings (SSSR count). The molecular weight excluding hydrogens is 299 g/mol. The average molecular weight is 311 g/mol. The number of aromatic nitrogens is 1. The Morgan fingerprint density at radius 1 is 1.25 bits per heavy atom. The molecule has 4 nitrogen and oxygen atoms in total. The van der Waals surface area contributed by atoms with Crippen LogP contribution in [0.2, 0.25) is 10.2 Å². The molecule has 0 aliphatic carbocycles. The number of anilines is 1. The fourth-order valence-corrected chi connectivity index (χ4v) is 2.02. The van der Waals surface area contributed by atoms with Crippen LogP contribution in [-0.2, 0) is 0 Å². The molecule has 0 bridgehead atoms. The van der Waals surface area contributed by atoms with Gasteiger partial charge in [0.15, 0.2) is 0 Å². The molecule has 2 aromatic rings. The van der Waals surface area contributed by atoms with E-state index in [-0.39, 0.29) is 16.1 Å². The van der Waals surface area contributed by atoms with E-state index < -0.39 is 0 Å². The molecule has 0 saturated heterocycles. The van der Waals surface area contributed by atoms with E-state index in [0.717, 1.165) is 11.4 Å². The van der Waals surface area contributed by atoms with Crippen molar-refractivity contribution in [3.05, 3.63) is 52.3 Å². The molecule has 20 heavy (non-hydrogen) atoms. The normalized spacial score (nSPS) is 10.2. The molecule has 1 heterocycles. The summed E-state index contributed by atoms with van der Waals surface area (Å²) in [5.41, 5.74) is 1.03. The van der Waals surface area contributed by atoms with Crippen molar-refractivity contribution in [2.45, 2.75) is 0 Å². The maximum atomic E-state index is 12.4. The SMILES string of the molecule is COc1ccc(N(C)C(=O)c2cc(Cl)ncc2Cl)cc1. The molecule has 0 fully saturated rings. The summed E-state index contributed by atoms with van der Waals surface area (Å²) in [5.74, 6) is 0.462. The first-order valence-corrected chi connectivity index (χ1v) is 6.51. The predicted octanol–water partition coefficient (Wildman–Crippen LogP) is 3.67. The second-order valence-corrected chi connectivity index (χ2v) is 4.84. The minimum atomic E-state index is -0.260. The van der Waals surface area contributed by atoms with Gasteiger partial charge in [-0.25, -0.2) is 4.98 Å². The number of halogens is 2. The number of carbonyl (C=O) groups excluding carboxylic acids is 1. The zero-order valence-electron chi connectivity index (χ0n) is 10.9. The second-order valence-electron chi connectivity index (χ2n) is 4.05. The van der Waals surface area contributed by atoms with E-state index in [9.17, 15) is 4.79 Å². The Balaban J connectivity index is 2.29. The molecule has 0 radical (unpaired) electrons. The fourth-order valence-electron chi connectivity index (χ4n) is 1.68. The lowest BCUT2D eigenvalue weighted by atomic mass is 10.2. The summed E-state index contributed by atoms with van der Waals surface area (Å²) in [7, 11) is 3.25. The highest BCUT2D eigenvalue weighted by atomic mass is 35.5. The van der Waals surface area contributed by atoms with Crippen LogP contribution in [-0.4, -0.2) is 25.0 Å². The number of amides is 1. The van der Waals surface area contributed by atoms with Gasteiger partial charge in [0.05, 0.1) is 17.7 Å². The van der Waals surface area contributed by atoms with Gasteiger partial charge < -0.3 is 9.64 Å². The van der Waals surface area contributed by atoms with Crippen LogP contribution in [0.15, 0.2) is 36.5 Å². The molecule has 1 aromatic carbocycles. The number of carbonyl (C=O) groups is 1. The van der Waals surface area contributed by atoms with Gasteiger partial charge >= 0.3 is 0 Å². The number of hydrogen-bond donors (Lipinski definition) is 0. The summed E-state index contributed by atoms with van der Waals surface area (Å²) in [5, 5.41) is 0.487. The molecule has 6 heteroatoms. The highest BCUT2D eigenvalue weighted by Gasteiger charge is 2.17. The number of benzene rings is 1. The zero-order valence-corrected chi connectivity index (χ0v) is 12.4. The summed E-state index contributed by atoms with van der Waals surface area (Å²) < 4.78 is 5.08. The zero-order chi connectivity index (χ0) is 14.7. The Labute approximate surface area is 126 Å². The maximum absolute atomic E-state index is 12.4. The van der Waals surface area contributed by atoms with E-state index in [1.165, 1.54) is 17.2 Å². The molecule has 1 aromatic heterocycles. The van der Waals surface area contributed by atoms with E-state index >= 15 is 0 Å². The number of ether oxygens (including phenoxy) is 1. The first kappa shape index (κ1) is 14.6. The van der Waals surface area contributed by atoms with Crippen LogP contribution in [0.4, 0.5) is 5.69 Å². The van der Waals surface area contributed by atoms with Gasteiger partial charge in [-0.05, 0) is 30.3 Å². The van der Waals surface area contributed by atoms with Crippen LogP contribution in [0.25, 0.3) is 0 Å². The van der Waals surface area contributed by atoms with Crippen LogP contribution in [0, 0.1) is 0 Å². The largest absolute Gasteiger partial charge is 0.497 e. The highest BCUT2D eigenvalue weighted by Crippen LogP contribution is 2.23. The van der Waals surface area contributed by atoms with E-state index in [1.54, 1.807) is 38.4 Å². The van der Waals surface area contributed by atoms with E-state index in [1.807, 2.05) is 0 Å². The summed E-state index contributed by atoms with van der Waals surface area (Å²) >= 11 is 11.8. The second kappa shape index (κ2) is 6.11. The molecule has 104 valence electrons. The number of nitrogens with zero attached hydrogens (tertiary/aromatic N) is 2. The van der Waals surface area contributed by atoms with Gasteiger partial charge in [0.25, 0.3) is 5.91 Å². The molecule has 0 aliphatic heterocycles. The molecule has 0 spiro atoms.